The highest BCUT2D eigenvalue weighted by Crippen LogP contribution is 2.39. The Kier molecular flexibility index (Phi) is 12.6. The molecule has 14 heteroatoms. The molecule has 6 fully saturated rings. The quantitative estimate of drug-likeness (QED) is 0.0852. The van der Waals surface area contributed by atoms with Crippen LogP contribution in [0.2, 0.25) is 0 Å². The van der Waals surface area contributed by atoms with Gasteiger partial charge < -0.3 is 50.2 Å². The summed E-state index contributed by atoms with van der Waals surface area (Å²) in [4.78, 5) is 13.7. The van der Waals surface area contributed by atoms with Crippen molar-refractivity contribution in [2.45, 2.75) is 88.0 Å². The standard InChI is InChI=1S/2C28H27N5O2/c2*29-14-18-4-7-25-19(10-18)2-1-3-27(25)35-22-6-5-20(15-30)26(13-22)32-21-8-9-31-28(11-21)33-16-23-12-24(17-33)34-23/h2*4-11,13,15,23-24,27,30H,1-3,12,16-17H2,(H,31,32)/t2*23?,24?,27-/m10/s1. The van der Waals surface area contributed by atoms with Crippen LogP contribution in [0.5, 0.6) is 11.5 Å². The van der Waals surface area contributed by atoms with Crippen molar-refractivity contribution in [1.29, 1.82) is 21.3 Å². The maximum absolute atomic E-state index is 9.23. The number of fused-ring (bicyclic) bond motifs is 6. The second-order valence-corrected chi connectivity index (χ2v) is 18.9. The summed E-state index contributed by atoms with van der Waals surface area (Å²) in [6.07, 6.45) is 15.7. The SMILES string of the molecule is N#Cc1ccc2c(c1)CCC[C@@H]2Oc1ccc(C=N)c(Nc2ccnc(N3CC4CC(C3)O4)c2)c1.N#Cc1ccc2c(c1)CCC[C@H]2Oc1ccc(C=N)c(Nc2ccnc(N3CC4CC(C3)O4)c2)c1. The molecule has 6 atom stereocenters. The second kappa shape index (κ2) is 19.7. The van der Waals surface area contributed by atoms with Crippen molar-refractivity contribution >= 4 is 46.8 Å². The molecule has 4 N–H and O–H groups in total. The highest BCUT2D eigenvalue weighted by atomic mass is 16.5. The summed E-state index contributed by atoms with van der Waals surface area (Å²) < 4.78 is 24.4. The lowest BCUT2D eigenvalue weighted by molar-refractivity contribution is -0.133. The molecule has 8 heterocycles. The van der Waals surface area contributed by atoms with Gasteiger partial charge in [-0.15, -0.1) is 0 Å². The van der Waals surface area contributed by atoms with E-state index < -0.39 is 0 Å². The van der Waals surface area contributed by atoms with Crippen molar-refractivity contribution < 1.29 is 18.9 Å². The van der Waals surface area contributed by atoms with Gasteiger partial charge in [-0.3, -0.25) is 0 Å². The van der Waals surface area contributed by atoms with Crippen molar-refractivity contribution in [1.82, 2.24) is 9.97 Å². The first-order valence-corrected chi connectivity index (χ1v) is 24.3. The van der Waals surface area contributed by atoms with E-state index in [2.05, 4.69) is 54.7 Å². The van der Waals surface area contributed by atoms with E-state index in [1.165, 1.54) is 23.6 Å². The third-order valence-electron chi connectivity index (χ3n) is 14.2. The molecule has 6 aliphatic heterocycles. The van der Waals surface area contributed by atoms with Gasteiger partial charge in [-0.05, 0) is 121 Å². The van der Waals surface area contributed by atoms with E-state index in [0.29, 0.717) is 35.5 Å². The summed E-state index contributed by atoms with van der Waals surface area (Å²) in [5, 5.41) is 41.1. The van der Waals surface area contributed by atoms with E-state index in [1.807, 2.05) is 97.3 Å². The van der Waals surface area contributed by atoms with Gasteiger partial charge in [0.25, 0.3) is 0 Å². The first-order chi connectivity index (χ1) is 34.4. The molecule has 14 nitrogen and oxygen atoms in total. The van der Waals surface area contributed by atoms with Crippen LogP contribution >= 0.6 is 0 Å². The average Bonchev–Trinajstić information content (AvgIpc) is 3.39. The molecule has 4 bridgehead atoms. The Morgan fingerprint density at radius 1 is 0.571 bits per heavy atom. The van der Waals surface area contributed by atoms with Gasteiger partial charge in [0.2, 0.25) is 0 Å². The van der Waals surface area contributed by atoms with Gasteiger partial charge >= 0.3 is 0 Å². The Morgan fingerprint density at radius 2 is 1.00 bits per heavy atom. The molecular formula is C56H54N10O4. The predicted molar refractivity (Wildman–Crippen MR) is 270 cm³/mol. The zero-order valence-corrected chi connectivity index (χ0v) is 38.8. The number of aryl methyl sites for hydroxylation is 2. The number of rotatable bonds is 12. The molecule has 6 saturated heterocycles. The molecule has 4 unspecified atom stereocenters. The summed E-state index contributed by atoms with van der Waals surface area (Å²) in [5.74, 6) is 3.38. The molecule has 2 aromatic heterocycles. The number of pyridine rings is 2. The number of piperidine rings is 2. The molecule has 0 saturated carbocycles. The molecule has 0 radical (unpaired) electrons. The first kappa shape index (κ1) is 44.7. The normalized spacial score (nSPS) is 22.4. The summed E-state index contributed by atoms with van der Waals surface area (Å²) >= 11 is 0. The number of benzene rings is 4. The monoisotopic (exact) mass is 930 g/mol. The van der Waals surface area contributed by atoms with Crippen molar-refractivity contribution in [3.63, 3.8) is 0 Å². The number of nitrogens with one attached hydrogen (secondary N) is 4. The number of aromatic nitrogens is 2. The fourth-order valence-corrected chi connectivity index (χ4v) is 10.7. The number of hydrogen-bond acceptors (Lipinski definition) is 14. The molecule has 8 aliphatic rings. The molecule has 14 rings (SSSR count). The van der Waals surface area contributed by atoms with Crippen molar-refractivity contribution in [2.75, 3.05) is 46.6 Å². The Morgan fingerprint density at radius 3 is 1.40 bits per heavy atom. The zero-order chi connectivity index (χ0) is 47.6. The van der Waals surface area contributed by atoms with Crippen LogP contribution in [0, 0.1) is 33.5 Å². The highest BCUT2D eigenvalue weighted by molar-refractivity contribution is 5.89. The van der Waals surface area contributed by atoms with Gasteiger partial charge in [-0.1, -0.05) is 12.1 Å². The van der Waals surface area contributed by atoms with Crippen LogP contribution in [-0.4, -0.2) is 73.0 Å². The Labute approximate surface area is 407 Å². The van der Waals surface area contributed by atoms with Gasteiger partial charge in [0.05, 0.1) is 59.1 Å². The summed E-state index contributed by atoms with van der Waals surface area (Å²) in [6, 6.07) is 35.8. The van der Waals surface area contributed by atoms with Crippen LogP contribution in [-0.2, 0) is 22.3 Å². The fourth-order valence-electron chi connectivity index (χ4n) is 10.7. The fraction of sp³-hybridized carbons (Fsp3) is 0.321. The van der Waals surface area contributed by atoms with E-state index in [9.17, 15) is 10.5 Å². The molecule has 352 valence electrons. The minimum atomic E-state index is -0.0505. The van der Waals surface area contributed by atoms with Crippen LogP contribution < -0.4 is 29.9 Å². The first-order valence-electron chi connectivity index (χ1n) is 24.3. The smallest absolute Gasteiger partial charge is 0.130 e. The lowest BCUT2D eigenvalue weighted by Gasteiger charge is -2.47. The topological polar surface area (TPSA) is 189 Å². The lowest BCUT2D eigenvalue weighted by atomic mass is 9.88. The van der Waals surface area contributed by atoms with E-state index in [4.69, 9.17) is 29.8 Å². The van der Waals surface area contributed by atoms with Gasteiger partial charge in [0.1, 0.15) is 35.3 Å². The maximum atomic E-state index is 9.23. The summed E-state index contributed by atoms with van der Waals surface area (Å²) in [7, 11) is 0. The van der Waals surface area contributed by atoms with E-state index in [0.717, 1.165) is 146 Å². The third kappa shape index (κ3) is 9.61. The lowest BCUT2D eigenvalue weighted by Crippen LogP contribution is -2.57. The highest BCUT2D eigenvalue weighted by Gasteiger charge is 2.40. The Balaban J connectivity index is 0.000000152. The minimum Gasteiger partial charge on any atom is -0.486 e. The van der Waals surface area contributed by atoms with Crippen molar-refractivity contribution in [2.24, 2.45) is 0 Å². The maximum Gasteiger partial charge on any atom is 0.130 e. The van der Waals surface area contributed by atoms with Crippen LogP contribution in [0.25, 0.3) is 0 Å². The summed E-state index contributed by atoms with van der Waals surface area (Å²) in [6.45, 7) is 3.50. The Bertz CT molecular complexity index is 2800. The molecule has 6 aromatic rings. The Hall–Kier alpha value is -7.78. The summed E-state index contributed by atoms with van der Waals surface area (Å²) in [5.41, 5.74) is 11.1. The zero-order valence-electron chi connectivity index (χ0n) is 38.8. The van der Waals surface area contributed by atoms with Gasteiger partial charge in [-0.25, -0.2) is 9.97 Å². The van der Waals surface area contributed by atoms with Crippen molar-refractivity contribution in [3.05, 3.63) is 154 Å². The van der Waals surface area contributed by atoms with Crippen LogP contribution in [0.1, 0.15) is 95.2 Å². The predicted octanol–water partition coefficient (Wildman–Crippen LogP) is 10.3. The number of ether oxygens (including phenoxy) is 4. The number of nitriles is 2. The molecule has 70 heavy (non-hydrogen) atoms. The van der Waals surface area contributed by atoms with Gasteiger partial charge in [0, 0.05) is 111 Å². The van der Waals surface area contributed by atoms with Crippen LogP contribution in [0.4, 0.5) is 34.4 Å². The molecule has 0 spiro atoms. The average molecular weight is 931 g/mol. The van der Waals surface area contributed by atoms with Crippen molar-refractivity contribution in [3.8, 4) is 23.6 Å². The van der Waals surface area contributed by atoms with Crippen LogP contribution in [0.3, 0.4) is 0 Å². The number of anilines is 6. The van der Waals surface area contributed by atoms with E-state index in [1.54, 1.807) is 0 Å². The minimum absolute atomic E-state index is 0.0505. The molecular weight excluding hydrogens is 877 g/mol. The largest absolute Gasteiger partial charge is 0.486 e. The van der Waals surface area contributed by atoms with E-state index >= 15 is 0 Å². The molecule has 4 aromatic carbocycles. The molecule has 2 aliphatic carbocycles. The van der Waals surface area contributed by atoms with Gasteiger partial charge in [0.15, 0.2) is 0 Å². The van der Waals surface area contributed by atoms with E-state index in [-0.39, 0.29) is 12.2 Å². The van der Waals surface area contributed by atoms with Crippen LogP contribution in [0.15, 0.2) is 109 Å². The number of hydrogen-bond donors (Lipinski definition) is 4. The second-order valence-electron chi connectivity index (χ2n) is 18.9. The van der Waals surface area contributed by atoms with Gasteiger partial charge in [-0.2, -0.15) is 10.5 Å². The third-order valence-corrected chi connectivity index (χ3v) is 14.2. The molecule has 0 amide bonds. The number of morpholine rings is 2. The number of nitrogens with zero attached hydrogens (tertiary/aromatic N) is 6.